The van der Waals surface area contributed by atoms with Crippen molar-refractivity contribution in [3.05, 3.63) is 40.5 Å². The number of hydrogen-bond donors (Lipinski definition) is 1. The van der Waals surface area contributed by atoms with Gasteiger partial charge in [0, 0.05) is 42.8 Å². The zero-order valence-electron chi connectivity index (χ0n) is 12.8. The molecule has 1 atom stereocenters. The normalized spacial score (nSPS) is 17.3. The van der Waals surface area contributed by atoms with E-state index in [2.05, 4.69) is 37.6 Å². The van der Waals surface area contributed by atoms with Crippen molar-refractivity contribution in [3.63, 3.8) is 0 Å². The van der Waals surface area contributed by atoms with Gasteiger partial charge in [-0.3, -0.25) is 4.68 Å². The van der Waals surface area contributed by atoms with Crippen LogP contribution in [0.15, 0.2) is 29.2 Å². The maximum atomic E-state index is 5.96. The van der Waals surface area contributed by atoms with E-state index < -0.39 is 0 Å². The summed E-state index contributed by atoms with van der Waals surface area (Å²) in [6.45, 7) is 2.85. The van der Waals surface area contributed by atoms with Crippen LogP contribution in [-0.2, 0) is 31.5 Å². The zero-order valence-corrected chi connectivity index (χ0v) is 13.7. The van der Waals surface area contributed by atoms with E-state index in [1.165, 1.54) is 5.56 Å². The summed E-state index contributed by atoms with van der Waals surface area (Å²) in [5, 5.41) is 20.3. The standard InChI is InChI=1S/C15H18N6OS/c1-20-7-11(5-17-20)4-16-6-13-8-21-14(9-22-13)15(18-19-21)12-2-3-23-10-12/h2-3,5,7,10,13,16H,4,6,8-9H2,1H3/t13-/m1/s1. The molecule has 1 N–H and O–H groups in total. The van der Waals surface area contributed by atoms with Gasteiger partial charge >= 0.3 is 0 Å². The highest BCUT2D eigenvalue weighted by atomic mass is 32.1. The molecule has 4 rings (SSSR count). The van der Waals surface area contributed by atoms with E-state index in [0.29, 0.717) is 6.61 Å². The van der Waals surface area contributed by atoms with Crippen LogP contribution in [0.3, 0.4) is 0 Å². The van der Waals surface area contributed by atoms with Gasteiger partial charge in [0.25, 0.3) is 0 Å². The molecule has 0 aromatic carbocycles. The Labute approximate surface area is 137 Å². The Kier molecular flexibility index (Phi) is 3.94. The molecule has 3 aromatic heterocycles. The van der Waals surface area contributed by atoms with Crippen molar-refractivity contribution in [1.29, 1.82) is 0 Å². The van der Waals surface area contributed by atoms with Crippen LogP contribution in [0.2, 0.25) is 0 Å². The molecule has 1 aliphatic heterocycles. The van der Waals surface area contributed by atoms with Crippen LogP contribution >= 0.6 is 11.3 Å². The molecule has 0 spiro atoms. The Morgan fingerprint density at radius 1 is 1.48 bits per heavy atom. The number of nitrogens with zero attached hydrogens (tertiary/aromatic N) is 5. The van der Waals surface area contributed by atoms with Crippen LogP contribution in [0.5, 0.6) is 0 Å². The van der Waals surface area contributed by atoms with Gasteiger partial charge in [0.05, 0.1) is 31.1 Å². The summed E-state index contributed by atoms with van der Waals surface area (Å²) in [7, 11) is 1.92. The zero-order chi connectivity index (χ0) is 15.6. The summed E-state index contributed by atoms with van der Waals surface area (Å²) in [6, 6.07) is 2.07. The topological polar surface area (TPSA) is 69.8 Å². The Morgan fingerprint density at radius 3 is 3.22 bits per heavy atom. The third kappa shape index (κ3) is 3.05. The first-order chi connectivity index (χ1) is 11.3. The highest BCUT2D eigenvalue weighted by Gasteiger charge is 2.24. The van der Waals surface area contributed by atoms with E-state index in [-0.39, 0.29) is 6.10 Å². The minimum atomic E-state index is 0.108. The number of aryl methyl sites for hydroxylation is 1. The average Bonchev–Trinajstić information content (AvgIpc) is 3.27. The second kappa shape index (κ2) is 6.23. The first kappa shape index (κ1) is 14.6. The van der Waals surface area contributed by atoms with Crippen LogP contribution in [0.25, 0.3) is 11.3 Å². The molecule has 3 aromatic rings. The second-order valence-corrected chi connectivity index (χ2v) is 6.45. The molecule has 0 aliphatic carbocycles. The maximum Gasteiger partial charge on any atom is 0.119 e. The largest absolute Gasteiger partial charge is 0.369 e. The molecular weight excluding hydrogens is 312 g/mol. The maximum absolute atomic E-state index is 5.96. The highest BCUT2D eigenvalue weighted by Crippen LogP contribution is 2.26. The van der Waals surface area contributed by atoms with Crippen molar-refractivity contribution in [1.82, 2.24) is 30.1 Å². The second-order valence-electron chi connectivity index (χ2n) is 5.67. The molecule has 0 unspecified atom stereocenters. The summed E-state index contributed by atoms with van der Waals surface area (Å²) in [4.78, 5) is 0. The molecule has 0 amide bonds. The van der Waals surface area contributed by atoms with E-state index >= 15 is 0 Å². The number of hydrogen-bond acceptors (Lipinski definition) is 6. The van der Waals surface area contributed by atoms with E-state index in [1.807, 2.05) is 28.8 Å². The predicted molar refractivity (Wildman–Crippen MR) is 86.8 cm³/mol. The van der Waals surface area contributed by atoms with Crippen molar-refractivity contribution in [2.75, 3.05) is 6.54 Å². The van der Waals surface area contributed by atoms with Gasteiger partial charge in [-0.1, -0.05) is 5.21 Å². The molecule has 1 aliphatic rings. The van der Waals surface area contributed by atoms with Gasteiger partial charge in [-0.25, -0.2) is 4.68 Å². The van der Waals surface area contributed by atoms with Crippen molar-refractivity contribution >= 4 is 11.3 Å². The third-order valence-corrected chi connectivity index (χ3v) is 4.61. The first-order valence-corrected chi connectivity index (χ1v) is 8.48. The summed E-state index contributed by atoms with van der Waals surface area (Å²) in [5.74, 6) is 0. The van der Waals surface area contributed by atoms with Crippen molar-refractivity contribution < 1.29 is 4.74 Å². The molecule has 23 heavy (non-hydrogen) atoms. The SMILES string of the molecule is Cn1cc(CNC[C@@H]2Cn3nnc(-c4ccsc4)c3CO2)cn1. The lowest BCUT2D eigenvalue weighted by molar-refractivity contribution is 0.00125. The molecule has 0 bridgehead atoms. The fraction of sp³-hybridized carbons (Fsp3) is 0.400. The van der Waals surface area contributed by atoms with Crippen molar-refractivity contribution in [2.24, 2.45) is 7.05 Å². The molecule has 7 nitrogen and oxygen atoms in total. The van der Waals surface area contributed by atoms with Gasteiger partial charge in [0.15, 0.2) is 0 Å². The molecule has 8 heteroatoms. The number of fused-ring (bicyclic) bond motifs is 1. The summed E-state index contributed by atoms with van der Waals surface area (Å²) >= 11 is 1.67. The third-order valence-electron chi connectivity index (χ3n) is 3.92. The average molecular weight is 330 g/mol. The fourth-order valence-corrected chi connectivity index (χ4v) is 3.39. The van der Waals surface area contributed by atoms with Gasteiger partial charge in [-0.2, -0.15) is 16.4 Å². The Hall–Kier alpha value is -2.03. The molecular formula is C15H18N6OS. The molecule has 0 fully saturated rings. The summed E-state index contributed by atoms with van der Waals surface area (Å²) in [6.07, 6.45) is 3.99. The number of nitrogens with one attached hydrogen (secondary N) is 1. The molecule has 120 valence electrons. The van der Waals surface area contributed by atoms with Gasteiger partial charge < -0.3 is 10.1 Å². The monoisotopic (exact) mass is 330 g/mol. The molecule has 0 radical (unpaired) electrons. The fourth-order valence-electron chi connectivity index (χ4n) is 2.75. The van der Waals surface area contributed by atoms with Crippen LogP contribution in [0.1, 0.15) is 11.3 Å². The lowest BCUT2D eigenvalue weighted by atomic mass is 10.2. The number of rotatable bonds is 5. The van der Waals surface area contributed by atoms with E-state index in [9.17, 15) is 0 Å². The highest BCUT2D eigenvalue weighted by molar-refractivity contribution is 7.08. The van der Waals surface area contributed by atoms with E-state index in [4.69, 9.17) is 4.74 Å². The van der Waals surface area contributed by atoms with Gasteiger partial charge in [0.1, 0.15) is 5.69 Å². The quantitative estimate of drug-likeness (QED) is 0.766. The molecule has 0 saturated carbocycles. The minimum Gasteiger partial charge on any atom is -0.369 e. The smallest absolute Gasteiger partial charge is 0.119 e. The van der Waals surface area contributed by atoms with Crippen LogP contribution in [0, 0.1) is 0 Å². The Balaban J connectivity index is 1.36. The summed E-state index contributed by atoms with van der Waals surface area (Å²) < 4.78 is 9.74. The molecule has 0 saturated heterocycles. The van der Waals surface area contributed by atoms with Crippen LogP contribution < -0.4 is 5.32 Å². The van der Waals surface area contributed by atoms with E-state index in [0.717, 1.165) is 36.6 Å². The van der Waals surface area contributed by atoms with Gasteiger partial charge in [-0.05, 0) is 11.4 Å². The van der Waals surface area contributed by atoms with Crippen molar-refractivity contribution in [2.45, 2.75) is 25.8 Å². The summed E-state index contributed by atoms with van der Waals surface area (Å²) in [5.41, 5.74) is 4.29. The number of aromatic nitrogens is 5. The van der Waals surface area contributed by atoms with Crippen LogP contribution in [0.4, 0.5) is 0 Å². The number of ether oxygens (including phenoxy) is 1. The predicted octanol–water partition coefficient (Wildman–Crippen LogP) is 1.43. The van der Waals surface area contributed by atoms with Gasteiger partial charge in [-0.15, -0.1) is 5.10 Å². The van der Waals surface area contributed by atoms with Crippen molar-refractivity contribution in [3.8, 4) is 11.3 Å². The van der Waals surface area contributed by atoms with Crippen LogP contribution in [-0.4, -0.2) is 37.4 Å². The van der Waals surface area contributed by atoms with E-state index in [1.54, 1.807) is 11.3 Å². The molecule has 4 heterocycles. The van der Waals surface area contributed by atoms with Gasteiger partial charge in [0.2, 0.25) is 0 Å². The lowest BCUT2D eigenvalue weighted by Crippen LogP contribution is -2.36. The first-order valence-electron chi connectivity index (χ1n) is 7.54. The Bertz CT molecular complexity index is 778. The minimum absolute atomic E-state index is 0.108. The Morgan fingerprint density at radius 2 is 2.43 bits per heavy atom. The lowest BCUT2D eigenvalue weighted by Gasteiger charge is -2.24. The number of thiophene rings is 1.